The first kappa shape index (κ1) is 13.5. The number of hydrogen-bond donors (Lipinski definition) is 1. The fourth-order valence-corrected chi connectivity index (χ4v) is 3.63. The molecule has 0 bridgehead atoms. The third-order valence-electron chi connectivity index (χ3n) is 3.96. The van der Waals surface area contributed by atoms with Gasteiger partial charge in [-0.1, -0.05) is 17.4 Å². The van der Waals surface area contributed by atoms with Gasteiger partial charge in [0.05, 0.1) is 16.4 Å². The van der Waals surface area contributed by atoms with Crippen LogP contribution in [0.4, 0.5) is 5.13 Å². The number of thiazole rings is 1. The van der Waals surface area contributed by atoms with Crippen LogP contribution in [-0.4, -0.2) is 20.7 Å². The van der Waals surface area contributed by atoms with Gasteiger partial charge in [-0.3, -0.25) is 14.8 Å². The van der Waals surface area contributed by atoms with Gasteiger partial charge in [0.2, 0.25) is 0 Å². The van der Waals surface area contributed by atoms with Gasteiger partial charge in [0, 0.05) is 12.6 Å². The Bertz CT molecular complexity index is 876. The standard InChI is InChI=1S/C16H16N4OS/c1-9-3-6-12-13(7-9)22-16(18-12)19-15(21)14-11(10-4-5-10)8-17-20(14)2/h3,6-8,10H,4-5H2,1-2H3,(H,18,19,21). The molecule has 0 radical (unpaired) electrons. The lowest BCUT2D eigenvalue weighted by atomic mass is 10.1. The van der Waals surface area contributed by atoms with Crippen LogP contribution in [-0.2, 0) is 7.05 Å². The van der Waals surface area contributed by atoms with Crippen LogP contribution in [0, 0.1) is 6.92 Å². The largest absolute Gasteiger partial charge is 0.296 e. The first-order chi connectivity index (χ1) is 10.6. The molecule has 5 nitrogen and oxygen atoms in total. The van der Waals surface area contributed by atoms with E-state index in [0.717, 1.165) is 28.6 Å². The highest BCUT2D eigenvalue weighted by Crippen LogP contribution is 2.41. The molecular weight excluding hydrogens is 296 g/mol. The average molecular weight is 312 g/mol. The van der Waals surface area contributed by atoms with Crippen LogP contribution < -0.4 is 5.32 Å². The van der Waals surface area contributed by atoms with Crippen molar-refractivity contribution in [1.82, 2.24) is 14.8 Å². The van der Waals surface area contributed by atoms with Crippen LogP contribution in [0.5, 0.6) is 0 Å². The molecule has 112 valence electrons. The van der Waals surface area contributed by atoms with Crippen molar-refractivity contribution in [3.05, 3.63) is 41.2 Å². The minimum absolute atomic E-state index is 0.127. The summed E-state index contributed by atoms with van der Waals surface area (Å²) in [5.41, 5.74) is 3.81. The minimum Gasteiger partial charge on any atom is -0.296 e. The number of amides is 1. The Kier molecular flexibility index (Phi) is 3.00. The van der Waals surface area contributed by atoms with Crippen molar-refractivity contribution < 1.29 is 4.79 Å². The monoisotopic (exact) mass is 312 g/mol. The van der Waals surface area contributed by atoms with Gasteiger partial charge in [0.1, 0.15) is 5.69 Å². The Hall–Kier alpha value is -2.21. The third-order valence-corrected chi connectivity index (χ3v) is 4.90. The molecule has 1 aliphatic carbocycles. The minimum atomic E-state index is -0.127. The maximum absolute atomic E-state index is 12.6. The number of nitrogens with one attached hydrogen (secondary N) is 1. The fourth-order valence-electron chi connectivity index (χ4n) is 2.67. The summed E-state index contributed by atoms with van der Waals surface area (Å²) in [7, 11) is 1.81. The van der Waals surface area contributed by atoms with Crippen LogP contribution in [0.1, 0.15) is 40.4 Å². The highest BCUT2D eigenvalue weighted by Gasteiger charge is 2.31. The molecule has 1 saturated carbocycles. The van der Waals surface area contributed by atoms with E-state index in [9.17, 15) is 4.79 Å². The second-order valence-corrected chi connectivity index (χ2v) is 6.82. The molecule has 1 amide bonds. The van der Waals surface area contributed by atoms with Crippen LogP contribution in [0.2, 0.25) is 0 Å². The van der Waals surface area contributed by atoms with E-state index in [1.807, 2.05) is 25.4 Å². The number of anilines is 1. The second kappa shape index (κ2) is 4.91. The lowest BCUT2D eigenvalue weighted by molar-refractivity contribution is 0.101. The van der Waals surface area contributed by atoms with Crippen molar-refractivity contribution in [2.75, 3.05) is 5.32 Å². The first-order valence-electron chi connectivity index (χ1n) is 7.32. The highest BCUT2D eigenvalue weighted by molar-refractivity contribution is 7.22. The number of hydrogen-bond acceptors (Lipinski definition) is 4. The van der Waals surface area contributed by atoms with E-state index >= 15 is 0 Å². The summed E-state index contributed by atoms with van der Waals surface area (Å²) < 4.78 is 2.74. The molecule has 3 aromatic rings. The van der Waals surface area contributed by atoms with Gasteiger partial charge < -0.3 is 0 Å². The molecule has 2 aromatic heterocycles. The molecule has 1 fully saturated rings. The third kappa shape index (κ3) is 2.29. The van der Waals surface area contributed by atoms with Crippen LogP contribution in [0.3, 0.4) is 0 Å². The SMILES string of the molecule is Cc1ccc2nc(NC(=O)c3c(C4CC4)cnn3C)sc2c1. The topological polar surface area (TPSA) is 59.8 Å². The highest BCUT2D eigenvalue weighted by atomic mass is 32.1. The summed E-state index contributed by atoms with van der Waals surface area (Å²) >= 11 is 1.50. The lowest BCUT2D eigenvalue weighted by Crippen LogP contribution is -2.17. The Balaban J connectivity index is 1.64. The summed E-state index contributed by atoms with van der Waals surface area (Å²) in [6.07, 6.45) is 4.10. The molecule has 4 rings (SSSR count). The van der Waals surface area contributed by atoms with Crippen LogP contribution >= 0.6 is 11.3 Å². The maximum atomic E-state index is 12.6. The van der Waals surface area contributed by atoms with E-state index in [-0.39, 0.29) is 5.91 Å². The number of nitrogens with zero attached hydrogens (tertiary/aromatic N) is 3. The zero-order valence-corrected chi connectivity index (χ0v) is 13.3. The zero-order chi connectivity index (χ0) is 15.3. The van der Waals surface area contributed by atoms with Crippen LogP contribution in [0.25, 0.3) is 10.2 Å². The van der Waals surface area contributed by atoms with Crippen molar-refractivity contribution in [2.45, 2.75) is 25.7 Å². The zero-order valence-electron chi connectivity index (χ0n) is 12.5. The fraction of sp³-hybridized carbons (Fsp3) is 0.312. The van der Waals surface area contributed by atoms with Crippen molar-refractivity contribution in [2.24, 2.45) is 7.05 Å². The van der Waals surface area contributed by atoms with Crippen molar-refractivity contribution in [3.8, 4) is 0 Å². The van der Waals surface area contributed by atoms with Crippen molar-refractivity contribution in [1.29, 1.82) is 0 Å². The predicted octanol–water partition coefficient (Wildman–Crippen LogP) is 3.47. The van der Waals surface area contributed by atoms with E-state index in [4.69, 9.17) is 0 Å². The Labute approximate surface area is 132 Å². The van der Waals surface area contributed by atoms with E-state index in [1.165, 1.54) is 16.9 Å². The summed E-state index contributed by atoms with van der Waals surface area (Å²) in [4.78, 5) is 17.1. The Morgan fingerprint density at radius 3 is 3.00 bits per heavy atom. The van der Waals surface area contributed by atoms with Gasteiger partial charge in [-0.2, -0.15) is 5.10 Å². The lowest BCUT2D eigenvalue weighted by Gasteiger charge is -2.04. The maximum Gasteiger partial charge on any atom is 0.275 e. The van der Waals surface area contributed by atoms with Gasteiger partial charge in [-0.05, 0) is 43.4 Å². The number of aromatic nitrogens is 3. The smallest absolute Gasteiger partial charge is 0.275 e. The van der Waals surface area contributed by atoms with Gasteiger partial charge in [0.15, 0.2) is 5.13 Å². The van der Waals surface area contributed by atoms with Gasteiger partial charge >= 0.3 is 0 Å². The van der Waals surface area contributed by atoms with E-state index in [2.05, 4.69) is 28.4 Å². The van der Waals surface area contributed by atoms with E-state index in [0.29, 0.717) is 16.7 Å². The molecule has 1 N–H and O–H groups in total. The van der Waals surface area contributed by atoms with Gasteiger partial charge in [-0.25, -0.2) is 4.98 Å². The normalized spacial score (nSPS) is 14.5. The molecule has 1 aliphatic rings. The number of fused-ring (bicyclic) bond motifs is 1. The number of benzene rings is 1. The van der Waals surface area contributed by atoms with Crippen molar-refractivity contribution in [3.63, 3.8) is 0 Å². The number of carbonyl (C=O) groups is 1. The quantitative estimate of drug-likeness (QED) is 0.805. The molecule has 1 aromatic carbocycles. The molecular formula is C16H16N4OS. The van der Waals surface area contributed by atoms with E-state index < -0.39 is 0 Å². The summed E-state index contributed by atoms with van der Waals surface area (Å²) in [6, 6.07) is 6.10. The first-order valence-corrected chi connectivity index (χ1v) is 8.14. The molecule has 0 aliphatic heterocycles. The Morgan fingerprint density at radius 2 is 2.23 bits per heavy atom. The number of aryl methyl sites for hydroxylation is 2. The molecule has 0 saturated heterocycles. The summed E-state index contributed by atoms with van der Waals surface area (Å²) in [5.74, 6) is 0.366. The molecule has 2 heterocycles. The molecule has 22 heavy (non-hydrogen) atoms. The van der Waals surface area contributed by atoms with Crippen molar-refractivity contribution >= 4 is 32.6 Å². The van der Waals surface area contributed by atoms with Gasteiger partial charge in [0.25, 0.3) is 5.91 Å². The molecule has 0 atom stereocenters. The average Bonchev–Trinajstić information content (AvgIpc) is 3.13. The van der Waals surface area contributed by atoms with Crippen LogP contribution in [0.15, 0.2) is 24.4 Å². The second-order valence-electron chi connectivity index (χ2n) is 5.79. The predicted molar refractivity (Wildman–Crippen MR) is 87.5 cm³/mol. The molecule has 6 heteroatoms. The summed E-state index contributed by atoms with van der Waals surface area (Å²) in [6.45, 7) is 2.05. The summed E-state index contributed by atoms with van der Waals surface area (Å²) in [5, 5.41) is 7.79. The molecule has 0 unspecified atom stereocenters. The number of carbonyl (C=O) groups excluding carboxylic acids is 1. The van der Waals surface area contributed by atoms with Gasteiger partial charge in [-0.15, -0.1) is 0 Å². The number of rotatable bonds is 3. The Morgan fingerprint density at radius 1 is 1.41 bits per heavy atom. The van der Waals surface area contributed by atoms with E-state index in [1.54, 1.807) is 4.68 Å². The molecule has 0 spiro atoms.